The predicted octanol–water partition coefficient (Wildman–Crippen LogP) is 4.27. The Kier molecular flexibility index (Phi) is 5.32. The number of nitrogens with zero attached hydrogens (tertiary/aromatic N) is 1. The minimum Gasteiger partial charge on any atom is -0.414 e. The Morgan fingerprint density at radius 3 is 2.71 bits per heavy atom. The molecule has 0 aliphatic heterocycles. The first-order valence-electron chi connectivity index (χ1n) is 6.04. The minimum absolute atomic E-state index is 0.0279. The van der Waals surface area contributed by atoms with Crippen LogP contribution in [-0.2, 0) is 0 Å². The zero-order valence-corrected chi connectivity index (χ0v) is 10.3. The number of halogens is 2. The van der Waals surface area contributed by atoms with Gasteiger partial charge in [-0.15, -0.1) is 0 Å². The monoisotopic (exact) mass is 243 g/mol. The maximum Gasteiger partial charge on any atom is 0.401 e. The van der Waals surface area contributed by atoms with Crippen LogP contribution in [-0.4, -0.2) is 11.1 Å². The molecule has 0 bridgehead atoms. The standard InChI is InChI=1S/C13H19F2NO/c1-3-4-5-8-11(2)13(14,15)17-12-9-6-7-10-16-12/h6-7,9-11H,3-5,8H2,1-2H3. The summed E-state index contributed by atoms with van der Waals surface area (Å²) in [5.41, 5.74) is 0. The quantitative estimate of drug-likeness (QED) is 0.667. The van der Waals surface area contributed by atoms with E-state index in [9.17, 15) is 8.78 Å². The number of aromatic nitrogens is 1. The summed E-state index contributed by atoms with van der Waals surface area (Å²) in [6, 6.07) is 4.72. The van der Waals surface area contributed by atoms with Gasteiger partial charge in [0.1, 0.15) is 0 Å². The first-order valence-corrected chi connectivity index (χ1v) is 6.04. The van der Waals surface area contributed by atoms with Crippen LogP contribution in [0.2, 0.25) is 0 Å². The van der Waals surface area contributed by atoms with Crippen molar-refractivity contribution < 1.29 is 13.5 Å². The topological polar surface area (TPSA) is 22.1 Å². The van der Waals surface area contributed by atoms with E-state index in [0.29, 0.717) is 6.42 Å². The van der Waals surface area contributed by atoms with E-state index in [-0.39, 0.29) is 5.88 Å². The molecule has 0 aliphatic rings. The third kappa shape index (κ3) is 4.67. The number of alkyl halides is 2. The van der Waals surface area contributed by atoms with Gasteiger partial charge >= 0.3 is 6.11 Å². The molecule has 2 nitrogen and oxygen atoms in total. The van der Waals surface area contributed by atoms with Crippen LogP contribution in [0.3, 0.4) is 0 Å². The largest absolute Gasteiger partial charge is 0.414 e. The average molecular weight is 243 g/mol. The normalized spacial score (nSPS) is 13.4. The van der Waals surface area contributed by atoms with E-state index in [4.69, 9.17) is 0 Å². The third-order valence-electron chi connectivity index (χ3n) is 2.69. The number of hydrogen-bond acceptors (Lipinski definition) is 2. The molecule has 4 heteroatoms. The molecule has 1 aromatic heterocycles. The highest BCUT2D eigenvalue weighted by atomic mass is 19.3. The maximum atomic E-state index is 13.7. The molecule has 1 rings (SSSR count). The van der Waals surface area contributed by atoms with E-state index in [2.05, 4.69) is 9.72 Å². The molecule has 1 unspecified atom stereocenters. The van der Waals surface area contributed by atoms with Gasteiger partial charge in [0.2, 0.25) is 5.88 Å². The van der Waals surface area contributed by atoms with Crippen molar-refractivity contribution in [1.82, 2.24) is 4.98 Å². The molecule has 1 heterocycles. The highest BCUT2D eigenvalue weighted by molar-refractivity contribution is 5.09. The summed E-state index contributed by atoms with van der Waals surface area (Å²) in [7, 11) is 0. The van der Waals surface area contributed by atoms with Crippen molar-refractivity contribution in [2.24, 2.45) is 5.92 Å². The van der Waals surface area contributed by atoms with Gasteiger partial charge in [-0.1, -0.05) is 39.2 Å². The molecule has 96 valence electrons. The van der Waals surface area contributed by atoms with Crippen LogP contribution >= 0.6 is 0 Å². The fraction of sp³-hybridized carbons (Fsp3) is 0.615. The second kappa shape index (κ2) is 6.52. The van der Waals surface area contributed by atoms with Crippen molar-refractivity contribution in [3.8, 4) is 5.88 Å². The van der Waals surface area contributed by atoms with Gasteiger partial charge in [0, 0.05) is 12.3 Å². The summed E-state index contributed by atoms with van der Waals surface area (Å²) in [5, 5.41) is 0. The molecule has 0 aromatic carbocycles. The van der Waals surface area contributed by atoms with Crippen molar-refractivity contribution in [2.45, 2.75) is 45.6 Å². The fourth-order valence-corrected chi connectivity index (χ4v) is 1.52. The third-order valence-corrected chi connectivity index (χ3v) is 2.69. The van der Waals surface area contributed by atoms with Crippen LogP contribution < -0.4 is 4.74 Å². The Morgan fingerprint density at radius 1 is 1.35 bits per heavy atom. The molecule has 0 saturated carbocycles. The number of unbranched alkanes of at least 4 members (excludes halogenated alkanes) is 2. The van der Waals surface area contributed by atoms with Gasteiger partial charge in [-0.2, -0.15) is 8.78 Å². The zero-order chi connectivity index (χ0) is 12.7. The molecule has 1 atom stereocenters. The molecule has 17 heavy (non-hydrogen) atoms. The van der Waals surface area contributed by atoms with Crippen LogP contribution in [0.1, 0.15) is 39.5 Å². The lowest BCUT2D eigenvalue weighted by Crippen LogP contribution is -2.33. The van der Waals surface area contributed by atoms with Gasteiger partial charge in [0.25, 0.3) is 0 Å². The molecule has 1 aromatic rings. The summed E-state index contributed by atoms with van der Waals surface area (Å²) < 4.78 is 32.0. The summed E-state index contributed by atoms with van der Waals surface area (Å²) in [6.45, 7) is 3.56. The van der Waals surface area contributed by atoms with Gasteiger partial charge in [0.15, 0.2) is 0 Å². The number of hydrogen-bond donors (Lipinski definition) is 0. The molecule has 0 amide bonds. The van der Waals surface area contributed by atoms with Gasteiger partial charge in [-0.25, -0.2) is 4.98 Å². The number of pyridine rings is 1. The SMILES string of the molecule is CCCCCC(C)C(F)(F)Oc1ccccn1. The first kappa shape index (κ1) is 13.9. The lowest BCUT2D eigenvalue weighted by atomic mass is 10.0. The van der Waals surface area contributed by atoms with E-state index in [1.165, 1.54) is 19.2 Å². The maximum absolute atomic E-state index is 13.7. The Hall–Kier alpha value is -1.19. The summed E-state index contributed by atoms with van der Waals surface area (Å²) in [4.78, 5) is 3.74. The van der Waals surface area contributed by atoms with Crippen molar-refractivity contribution in [3.05, 3.63) is 24.4 Å². The summed E-state index contributed by atoms with van der Waals surface area (Å²) in [5.74, 6) is -0.823. The highest BCUT2D eigenvalue weighted by Crippen LogP contribution is 2.30. The first-order chi connectivity index (χ1) is 8.06. The van der Waals surface area contributed by atoms with E-state index in [0.717, 1.165) is 19.3 Å². The molecule has 0 saturated heterocycles. The van der Waals surface area contributed by atoms with Crippen molar-refractivity contribution in [1.29, 1.82) is 0 Å². The van der Waals surface area contributed by atoms with Crippen LogP contribution in [0.25, 0.3) is 0 Å². The smallest absolute Gasteiger partial charge is 0.401 e. The molecule has 0 spiro atoms. The van der Waals surface area contributed by atoms with Crippen LogP contribution in [0.5, 0.6) is 5.88 Å². The van der Waals surface area contributed by atoms with Gasteiger partial charge in [0.05, 0.1) is 5.92 Å². The molecule has 0 aliphatic carbocycles. The second-order valence-electron chi connectivity index (χ2n) is 4.23. The van der Waals surface area contributed by atoms with Crippen molar-refractivity contribution >= 4 is 0 Å². The van der Waals surface area contributed by atoms with Crippen molar-refractivity contribution in [3.63, 3.8) is 0 Å². The fourth-order valence-electron chi connectivity index (χ4n) is 1.52. The van der Waals surface area contributed by atoms with Crippen molar-refractivity contribution in [2.75, 3.05) is 0 Å². The molecule has 0 N–H and O–H groups in total. The van der Waals surface area contributed by atoms with E-state index in [1.54, 1.807) is 12.1 Å². The van der Waals surface area contributed by atoms with E-state index >= 15 is 0 Å². The highest BCUT2D eigenvalue weighted by Gasteiger charge is 2.38. The average Bonchev–Trinajstić information content (AvgIpc) is 2.30. The van der Waals surface area contributed by atoms with Crippen LogP contribution in [0.4, 0.5) is 8.78 Å². The Balaban J connectivity index is 2.49. The zero-order valence-electron chi connectivity index (χ0n) is 10.3. The lowest BCUT2D eigenvalue weighted by Gasteiger charge is -2.23. The molecular weight excluding hydrogens is 224 g/mol. The molecule has 0 radical (unpaired) electrons. The molecule has 0 fully saturated rings. The number of rotatable bonds is 7. The van der Waals surface area contributed by atoms with Gasteiger partial charge in [-0.05, 0) is 12.5 Å². The van der Waals surface area contributed by atoms with E-state index < -0.39 is 12.0 Å². The Bertz CT molecular complexity index is 316. The Morgan fingerprint density at radius 2 is 2.12 bits per heavy atom. The second-order valence-corrected chi connectivity index (χ2v) is 4.23. The summed E-state index contributed by atoms with van der Waals surface area (Å²) >= 11 is 0. The molecular formula is C13H19F2NO. The van der Waals surface area contributed by atoms with Crippen LogP contribution in [0, 0.1) is 5.92 Å². The van der Waals surface area contributed by atoms with Crippen LogP contribution in [0.15, 0.2) is 24.4 Å². The van der Waals surface area contributed by atoms with Gasteiger partial charge < -0.3 is 4.74 Å². The number of ether oxygens (including phenoxy) is 1. The predicted molar refractivity (Wildman–Crippen MR) is 63.1 cm³/mol. The minimum atomic E-state index is -3.15. The van der Waals surface area contributed by atoms with E-state index in [1.807, 2.05) is 6.92 Å². The van der Waals surface area contributed by atoms with Gasteiger partial charge in [-0.3, -0.25) is 0 Å². The Labute approximate surface area is 101 Å². The lowest BCUT2D eigenvalue weighted by molar-refractivity contribution is -0.215. The summed E-state index contributed by atoms with van der Waals surface area (Å²) in [6.07, 6.45) is 1.56.